The quantitative estimate of drug-likeness (QED) is 0.643. The fourth-order valence-electron chi connectivity index (χ4n) is 3.23. The number of nitrogens with zero attached hydrogens (tertiary/aromatic N) is 2. The molecule has 7 nitrogen and oxygen atoms in total. The van der Waals surface area contributed by atoms with Gasteiger partial charge in [0.25, 0.3) is 11.8 Å². The number of methoxy groups -OCH3 is 1. The molecule has 3 aromatic rings. The molecule has 0 atom stereocenters. The SMILES string of the molecule is CCCN1C(=O)COc2ccc(-c3csc(NC(=O)c4cccc(OC)c4)n3)cc21. The molecule has 154 valence electrons. The van der Waals surface area contributed by atoms with Crippen LogP contribution in [0.2, 0.25) is 0 Å². The highest BCUT2D eigenvalue weighted by atomic mass is 32.1. The summed E-state index contributed by atoms with van der Waals surface area (Å²) >= 11 is 1.34. The summed E-state index contributed by atoms with van der Waals surface area (Å²) in [6.45, 7) is 2.73. The van der Waals surface area contributed by atoms with Gasteiger partial charge in [0.1, 0.15) is 11.5 Å². The minimum Gasteiger partial charge on any atom is -0.497 e. The van der Waals surface area contributed by atoms with Crippen molar-refractivity contribution < 1.29 is 19.1 Å². The number of amides is 2. The summed E-state index contributed by atoms with van der Waals surface area (Å²) in [6.07, 6.45) is 0.854. The Hall–Kier alpha value is -3.39. The van der Waals surface area contributed by atoms with Crippen LogP contribution >= 0.6 is 11.3 Å². The number of carbonyl (C=O) groups is 2. The first kappa shape index (κ1) is 19.9. The normalized spacial score (nSPS) is 12.9. The number of hydrogen-bond donors (Lipinski definition) is 1. The molecular weight excluding hydrogens is 402 g/mol. The summed E-state index contributed by atoms with van der Waals surface area (Å²) in [5, 5.41) is 5.19. The molecule has 1 N–H and O–H groups in total. The van der Waals surface area contributed by atoms with Gasteiger partial charge in [-0.25, -0.2) is 4.98 Å². The smallest absolute Gasteiger partial charge is 0.265 e. The molecule has 2 heterocycles. The molecule has 1 aliphatic rings. The van der Waals surface area contributed by atoms with Crippen molar-refractivity contribution in [3.63, 3.8) is 0 Å². The Labute approximate surface area is 178 Å². The van der Waals surface area contributed by atoms with Crippen LogP contribution in [0.5, 0.6) is 11.5 Å². The fraction of sp³-hybridized carbons (Fsp3) is 0.227. The summed E-state index contributed by atoms with van der Waals surface area (Å²) < 4.78 is 10.7. The van der Waals surface area contributed by atoms with Crippen molar-refractivity contribution in [2.45, 2.75) is 13.3 Å². The molecule has 8 heteroatoms. The summed E-state index contributed by atoms with van der Waals surface area (Å²) in [5.74, 6) is 0.998. The van der Waals surface area contributed by atoms with E-state index >= 15 is 0 Å². The lowest BCUT2D eigenvalue weighted by Gasteiger charge is -2.29. The van der Waals surface area contributed by atoms with Crippen molar-refractivity contribution in [2.75, 3.05) is 30.5 Å². The van der Waals surface area contributed by atoms with E-state index in [2.05, 4.69) is 10.3 Å². The van der Waals surface area contributed by atoms with Gasteiger partial charge in [-0.05, 0) is 42.8 Å². The van der Waals surface area contributed by atoms with E-state index in [-0.39, 0.29) is 18.4 Å². The van der Waals surface area contributed by atoms with E-state index in [0.29, 0.717) is 28.7 Å². The van der Waals surface area contributed by atoms with Crippen molar-refractivity contribution in [2.24, 2.45) is 0 Å². The lowest BCUT2D eigenvalue weighted by Crippen LogP contribution is -2.39. The van der Waals surface area contributed by atoms with Crippen LogP contribution in [0.1, 0.15) is 23.7 Å². The number of thiazole rings is 1. The Bertz CT molecular complexity index is 1100. The van der Waals surface area contributed by atoms with Crippen LogP contribution in [0.3, 0.4) is 0 Å². The second-order valence-electron chi connectivity index (χ2n) is 6.74. The maximum atomic E-state index is 12.5. The molecule has 2 aromatic carbocycles. The number of fused-ring (bicyclic) bond motifs is 1. The first-order valence-electron chi connectivity index (χ1n) is 9.57. The number of benzene rings is 2. The highest BCUT2D eigenvalue weighted by molar-refractivity contribution is 7.14. The maximum absolute atomic E-state index is 12.5. The van der Waals surface area contributed by atoms with E-state index in [0.717, 1.165) is 23.4 Å². The maximum Gasteiger partial charge on any atom is 0.265 e. The largest absolute Gasteiger partial charge is 0.497 e. The van der Waals surface area contributed by atoms with Crippen LogP contribution in [0, 0.1) is 0 Å². The molecule has 0 saturated heterocycles. The summed E-state index contributed by atoms with van der Waals surface area (Å²) in [4.78, 5) is 31.0. The molecule has 0 fully saturated rings. The molecular formula is C22H21N3O4S. The Morgan fingerprint density at radius 2 is 2.17 bits per heavy atom. The van der Waals surface area contributed by atoms with Crippen LogP contribution in [0.4, 0.5) is 10.8 Å². The Balaban J connectivity index is 1.55. The van der Waals surface area contributed by atoms with Gasteiger partial charge >= 0.3 is 0 Å². The lowest BCUT2D eigenvalue weighted by molar-refractivity contribution is -0.121. The van der Waals surface area contributed by atoms with Crippen molar-refractivity contribution in [1.29, 1.82) is 0 Å². The van der Waals surface area contributed by atoms with Gasteiger partial charge in [-0.15, -0.1) is 11.3 Å². The van der Waals surface area contributed by atoms with Gasteiger partial charge in [0.15, 0.2) is 11.7 Å². The number of aromatic nitrogens is 1. The first-order chi connectivity index (χ1) is 14.6. The zero-order chi connectivity index (χ0) is 21.1. The zero-order valence-electron chi connectivity index (χ0n) is 16.7. The van der Waals surface area contributed by atoms with Gasteiger partial charge in [0.2, 0.25) is 0 Å². The number of anilines is 2. The average molecular weight is 423 g/mol. The van der Waals surface area contributed by atoms with E-state index in [4.69, 9.17) is 9.47 Å². The van der Waals surface area contributed by atoms with Crippen molar-refractivity contribution >= 4 is 34.0 Å². The van der Waals surface area contributed by atoms with Crippen LogP contribution < -0.4 is 19.7 Å². The fourth-order valence-corrected chi connectivity index (χ4v) is 3.94. The number of hydrogen-bond acceptors (Lipinski definition) is 6. The lowest BCUT2D eigenvalue weighted by atomic mass is 10.1. The van der Waals surface area contributed by atoms with Crippen LogP contribution in [0.15, 0.2) is 47.8 Å². The van der Waals surface area contributed by atoms with Gasteiger partial charge < -0.3 is 14.4 Å². The molecule has 0 saturated carbocycles. The molecule has 30 heavy (non-hydrogen) atoms. The summed E-state index contributed by atoms with van der Waals surface area (Å²) in [5.41, 5.74) is 2.82. The van der Waals surface area contributed by atoms with E-state index in [1.807, 2.05) is 30.5 Å². The van der Waals surface area contributed by atoms with Gasteiger partial charge in [-0.3, -0.25) is 14.9 Å². The second kappa shape index (κ2) is 8.54. The third-order valence-electron chi connectivity index (χ3n) is 4.70. The molecule has 4 rings (SSSR count). The van der Waals surface area contributed by atoms with Gasteiger partial charge in [-0.2, -0.15) is 0 Å². The van der Waals surface area contributed by atoms with Gasteiger partial charge in [-0.1, -0.05) is 13.0 Å². The molecule has 2 amide bonds. The number of rotatable bonds is 6. The number of ether oxygens (including phenoxy) is 2. The second-order valence-corrected chi connectivity index (χ2v) is 7.60. The molecule has 1 aliphatic heterocycles. The van der Waals surface area contributed by atoms with Gasteiger partial charge in [0, 0.05) is 23.1 Å². The summed E-state index contributed by atoms with van der Waals surface area (Å²) in [7, 11) is 1.56. The van der Waals surface area contributed by atoms with E-state index < -0.39 is 0 Å². The zero-order valence-corrected chi connectivity index (χ0v) is 17.5. The predicted octanol–water partition coefficient (Wildman–Crippen LogP) is 4.21. The topological polar surface area (TPSA) is 80.8 Å². The van der Waals surface area contributed by atoms with E-state index in [1.54, 1.807) is 36.3 Å². The molecule has 0 unspecified atom stereocenters. The summed E-state index contributed by atoms with van der Waals surface area (Å²) in [6, 6.07) is 12.6. The van der Waals surface area contributed by atoms with Crippen molar-refractivity contribution in [1.82, 2.24) is 4.98 Å². The number of carbonyl (C=O) groups excluding carboxylic acids is 2. The van der Waals surface area contributed by atoms with E-state index in [9.17, 15) is 9.59 Å². The van der Waals surface area contributed by atoms with Crippen LogP contribution in [0.25, 0.3) is 11.3 Å². The third-order valence-corrected chi connectivity index (χ3v) is 5.46. The van der Waals surface area contributed by atoms with Crippen molar-refractivity contribution in [3.8, 4) is 22.8 Å². The molecule has 0 spiro atoms. The predicted molar refractivity (Wildman–Crippen MR) is 117 cm³/mol. The first-order valence-corrected chi connectivity index (χ1v) is 10.5. The van der Waals surface area contributed by atoms with Gasteiger partial charge in [0.05, 0.1) is 18.5 Å². The van der Waals surface area contributed by atoms with Crippen molar-refractivity contribution in [3.05, 3.63) is 53.4 Å². The highest BCUT2D eigenvalue weighted by Gasteiger charge is 2.25. The number of nitrogens with one attached hydrogen (secondary N) is 1. The molecule has 0 bridgehead atoms. The molecule has 1 aromatic heterocycles. The minimum atomic E-state index is -0.256. The average Bonchev–Trinajstić information content (AvgIpc) is 3.24. The Morgan fingerprint density at radius 3 is 2.97 bits per heavy atom. The standard InChI is InChI=1S/C22H21N3O4S/c1-3-9-25-18-11-14(7-8-19(18)29-12-20(25)26)17-13-30-22(23-17)24-21(27)15-5-4-6-16(10-15)28-2/h4-8,10-11,13H,3,9,12H2,1-2H3,(H,23,24,27). The monoisotopic (exact) mass is 423 g/mol. The van der Waals surface area contributed by atoms with Crippen LogP contribution in [-0.2, 0) is 4.79 Å². The minimum absolute atomic E-state index is 0.0500. The molecule has 0 aliphatic carbocycles. The van der Waals surface area contributed by atoms with Crippen LogP contribution in [-0.4, -0.2) is 37.1 Å². The third kappa shape index (κ3) is 3.99. The Morgan fingerprint density at radius 1 is 1.30 bits per heavy atom. The van der Waals surface area contributed by atoms with E-state index in [1.165, 1.54) is 11.3 Å². The molecule has 0 radical (unpaired) electrons. The highest BCUT2D eigenvalue weighted by Crippen LogP contribution is 2.37. The Kier molecular flexibility index (Phi) is 5.67.